The number of carbonyl (C=O) groups is 1. The zero-order valence-corrected chi connectivity index (χ0v) is 6.47. The number of rotatable bonds is 4. The molecule has 2 nitrogen and oxygen atoms in total. The number of nitrogens with two attached hydrogens (primary N) is 1. The van der Waals surface area contributed by atoms with Gasteiger partial charge in [0.25, 0.3) is 0 Å². The van der Waals surface area contributed by atoms with Gasteiger partial charge >= 0.3 is 0 Å². The molecule has 1 rings (SSSR count). The molecule has 58 valence electrons. The Bertz CT molecular complexity index is 129. The first-order valence-corrected chi connectivity index (χ1v) is 3.94. The second-order valence-corrected chi connectivity index (χ2v) is 3.22. The van der Waals surface area contributed by atoms with Gasteiger partial charge in [-0.1, -0.05) is 12.8 Å². The van der Waals surface area contributed by atoms with Gasteiger partial charge < -0.3 is 5.73 Å². The normalized spacial score (nSPS) is 20.6. The lowest BCUT2D eigenvalue weighted by atomic mass is 9.99. The minimum absolute atomic E-state index is 0.146. The topological polar surface area (TPSA) is 43.1 Å². The maximum Gasteiger partial charge on any atom is 0.134 e. The van der Waals surface area contributed by atoms with Crippen LogP contribution in [0.1, 0.15) is 26.2 Å². The van der Waals surface area contributed by atoms with E-state index in [1.54, 1.807) is 6.92 Å². The molecule has 0 saturated heterocycles. The highest BCUT2D eigenvalue weighted by Crippen LogP contribution is 2.35. The van der Waals surface area contributed by atoms with E-state index in [1.165, 1.54) is 12.8 Å². The van der Waals surface area contributed by atoms with Crippen LogP contribution in [0.5, 0.6) is 0 Å². The van der Waals surface area contributed by atoms with E-state index in [9.17, 15) is 4.79 Å². The highest BCUT2D eigenvalue weighted by atomic mass is 16.1. The maximum absolute atomic E-state index is 10.9. The Hall–Kier alpha value is -0.370. The molecule has 1 unspecified atom stereocenters. The van der Waals surface area contributed by atoms with E-state index in [0.29, 0.717) is 6.54 Å². The summed E-state index contributed by atoms with van der Waals surface area (Å²) >= 11 is 0. The molecule has 0 aromatic rings. The summed E-state index contributed by atoms with van der Waals surface area (Å²) < 4.78 is 0. The van der Waals surface area contributed by atoms with Crippen molar-refractivity contribution in [3.05, 3.63) is 0 Å². The molecule has 0 aliphatic heterocycles. The van der Waals surface area contributed by atoms with Gasteiger partial charge in [0.05, 0.1) is 0 Å². The van der Waals surface area contributed by atoms with Gasteiger partial charge in [-0.3, -0.25) is 4.79 Å². The molecule has 2 N–H and O–H groups in total. The van der Waals surface area contributed by atoms with Crippen molar-refractivity contribution in [3.8, 4) is 0 Å². The van der Waals surface area contributed by atoms with Crippen LogP contribution in [0.2, 0.25) is 0 Å². The number of ketones is 1. The van der Waals surface area contributed by atoms with Crippen LogP contribution < -0.4 is 5.73 Å². The molecule has 0 spiro atoms. The van der Waals surface area contributed by atoms with Gasteiger partial charge in [-0.15, -0.1) is 0 Å². The third-order valence-electron chi connectivity index (χ3n) is 2.17. The van der Waals surface area contributed by atoms with Crippen molar-refractivity contribution in [1.29, 1.82) is 0 Å². The molecule has 0 aromatic heterocycles. The summed E-state index contributed by atoms with van der Waals surface area (Å²) in [5.74, 6) is 1.22. The zero-order valence-electron chi connectivity index (χ0n) is 6.47. The van der Waals surface area contributed by atoms with Crippen LogP contribution in [0.4, 0.5) is 0 Å². The third kappa shape index (κ3) is 2.10. The predicted molar refractivity (Wildman–Crippen MR) is 40.6 cm³/mol. The lowest BCUT2D eigenvalue weighted by Crippen LogP contribution is -2.21. The standard InChI is InChI=1S/C8H15NO/c1-6(10)8(5-9)4-7-2-3-7/h7-8H,2-5,9H2,1H3. The van der Waals surface area contributed by atoms with Crippen molar-refractivity contribution in [1.82, 2.24) is 0 Å². The molecule has 0 heterocycles. The molecule has 0 bridgehead atoms. The van der Waals surface area contributed by atoms with Crippen molar-refractivity contribution in [2.45, 2.75) is 26.2 Å². The molecule has 0 amide bonds. The lowest BCUT2D eigenvalue weighted by Gasteiger charge is -2.08. The van der Waals surface area contributed by atoms with Crippen LogP contribution in [0.25, 0.3) is 0 Å². The molecule has 1 aliphatic rings. The second-order valence-electron chi connectivity index (χ2n) is 3.22. The molecule has 0 radical (unpaired) electrons. The molecule has 0 aromatic carbocycles. The summed E-state index contributed by atoms with van der Waals surface area (Å²) in [6.45, 7) is 2.17. The van der Waals surface area contributed by atoms with Crippen LogP contribution >= 0.6 is 0 Å². The van der Waals surface area contributed by atoms with Crippen LogP contribution in [-0.2, 0) is 4.79 Å². The van der Waals surface area contributed by atoms with Crippen molar-refractivity contribution >= 4 is 5.78 Å². The third-order valence-corrected chi connectivity index (χ3v) is 2.17. The first kappa shape index (κ1) is 7.73. The second kappa shape index (κ2) is 3.15. The predicted octanol–water partition coefficient (Wildman–Crippen LogP) is 0.950. The van der Waals surface area contributed by atoms with Crippen LogP contribution in [0.15, 0.2) is 0 Å². The molecule has 2 heteroatoms. The van der Waals surface area contributed by atoms with Gasteiger partial charge in [-0.2, -0.15) is 0 Å². The Morgan fingerprint density at radius 1 is 1.70 bits per heavy atom. The van der Waals surface area contributed by atoms with Crippen LogP contribution in [-0.4, -0.2) is 12.3 Å². The first-order chi connectivity index (χ1) is 4.74. The van der Waals surface area contributed by atoms with Crippen LogP contribution in [0, 0.1) is 11.8 Å². The van der Waals surface area contributed by atoms with E-state index in [4.69, 9.17) is 5.73 Å². The fourth-order valence-electron chi connectivity index (χ4n) is 1.18. The van der Waals surface area contributed by atoms with Gasteiger partial charge in [0.1, 0.15) is 5.78 Å². The molecule has 1 fully saturated rings. The highest BCUT2D eigenvalue weighted by molar-refractivity contribution is 5.78. The van der Waals surface area contributed by atoms with Gasteiger partial charge in [0.2, 0.25) is 0 Å². The Balaban J connectivity index is 2.24. The molecule has 10 heavy (non-hydrogen) atoms. The van der Waals surface area contributed by atoms with Gasteiger partial charge in [0.15, 0.2) is 0 Å². The zero-order chi connectivity index (χ0) is 7.56. The van der Waals surface area contributed by atoms with E-state index in [1.807, 2.05) is 0 Å². The summed E-state index contributed by atoms with van der Waals surface area (Å²) in [6.07, 6.45) is 3.65. The van der Waals surface area contributed by atoms with Crippen molar-refractivity contribution in [2.75, 3.05) is 6.54 Å². The number of hydrogen-bond acceptors (Lipinski definition) is 2. The Labute approximate surface area is 61.8 Å². The monoisotopic (exact) mass is 141 g/mol. The molecule has 1 aliphatic carbocycles. The highest BCUT2D eigenvalue weighted by Gasteiger charge is 2.26. The molecular formula is C8H15NO. The van der Waals surface area contributed by atoms with Crippen molar-refractivity contribution < 1.29 is 4.79 Å². The fraction of sp³-hybridized carbons (Fsp3) is 0.875. The fourth-order valence-corrected chi connectivity index (χ4v) is 1.18. The Kier molecular flexibility index (Phi) is 2.44. The van der Waals surface area contributed by atoms with E-state index in [0.717, 1.165) is 12.3 Å². The van der Waals surface area contributed by atoms with E-state index >= 15 is 0 Å². The van der Waals surface area contributed by atoms with Crippen LogP contribution in [0.3, 0.4) is 0 Å². The largest absolute Gasteiger partial charge is 0.330 e. The summed E-state index contributed by atoms with van der Waals surface area (Å²) in [7, 11) is 0. The number of carbonyl (C=O) groups excluding carboxylic acids is 1. The van der Waals surface area contributed by atoms with E-state index < -0.39 is 0 Å². The summed E-state index contributed by atoms with van der Waals surface area (Å²) in [4.78, 5) is 10.9. The Morgan fingerprint density at radius 2 is 2.30 bits per heavy atom. The first-order valence-electron chi connectivity index (χ1n) is 3.94. The average Bonchev–Trinajstić information content (AvgIpc) is 2.64. The van der Waals surface area contributed by atoms with E-state index in [2.05, 4.69) is 0 Å². The maximum atomic E-state index is 10.9. The molecule has 1 atom stereocenters. The summed E-state index contributed by atoms with van der Waals surface area (Å²) in [5, 5.41) is 0. The number of hydrogen-bond donors (Lipinski definition) is 1. The minimum Gasteiger partial charge on any atom is -0.330 e. The lowest BCUT2D eigenvalue weighted by molar-refractivity contribution is -0.120. The quantitative estimate of drug-likeness (QED) is 0.633. The van der Waals surface area contributed by atoms with Gasteiger partial charge in [-0.25, -0.2) is 0 Å². The smallest absolute Gasteiger partial charge is 0.134 e. The Morgan fingerprint density at radius 3 is 2.60 bits per heavy atom. The minimum atomic E-state index is 0.146. The van der Waals surface area contributed by atoms with Crippen molar-refractivity contribution in [2.24, 2.45) is 17.6 Å². The average molecular weight is 141 g/mol. The molecular weight excluding hydrogens is 126 g/mol. The molecule has 1 saturated carbocycles. The number of Topliss-reactive ketones (excluding diaryl/α,β-unsaturated/α-hetero) is 1. The van der Waals surface area contributed by atoms with Crippen molar-refractivity contribution in [3.63, 3.8) is 0 Å². The summed E-state index contributed by atoms with van der Waals surface area (Å²) in [5.41, 5.74) is 5.43. The van der Waals surface area contributed by atoms with Gasteiger partial charge in [-0.05, 0) is 19.3 Å². The van der Waals surface area contributed by atoms with Gasteiger partial charge in [0, 0.05) is 12.5 Å². The SMILES string of the molecule is CC(=O)C(CN)CC1CC1. The van der Waals surface area contributed by atoms with E-state index in [-0.39, 0.29) is 11.7 Å². The summed E-state index contributed by atoms with van der Waals surface area (Å²) in [6, 6.07) is 0.